The molecule has 0 radical (unpaired) electrons. The van der Waals surface area contributed by atoms with Crippen LogP contribution >= 0.6 is 0 Å². The predicted molar refractivity (Wildman–Crippen MR) is 88.1 cm³/mol. The SMILES string of the molecule is CCC(CC)(CO)NC(=O)Nc1ccnn1Cc1ccccn1. The third-order valence-corrected chi connectivity index (χ3v) is 4.03. The van der Waals surface area contributed by atoms with Crippen molar-refractivity contribution in [1.29, 1.82) is 0 Å². The van der Waals surface area contributed by atoms with Gasteiger partial charge in [0.25, 0.3) is 0 Å². The Bertz CT molecular complexity index is 614. The predicted octanol–water partition coefficient (Wildman–Crippen LogP) is 2.00. The van der Waals surface area contributed by atoms with Crippen LogP contribution in [-0.4, -0.2) is 38.0 Å². The van der Waals surface area contributed by atoms with E-state index in [1.54, 1.807) is 23.1 Å². The average molecular weight is 317 g/mol. The summed E-state index contributed by atoms with van der Waals surface area (Å²) in [4.78, 5) is 16.5. The number of nitrogens with one attached hydrogen (secondary N) is 2. The van der Waals surface area contributed by atoms with Crippen molar-refractivity contribution in [2.75, 3.05) is 11.9 Å². The van der Waals surface area contributed by atoms with Crippen molar-refractivity contribution in [1.82, 2.24) is 20.1 Å². The number of aromatic nitrogens is 3. The van der Waals surface area contributed by atoms with Crippen LogP contribution in [0.3, 0.4) is 0 Å². The van der Waals surface area contributed by atoms with Gasteiger partial charge in [0.05, 0.1) is 30.6 Å². The van der Waals surface area contributed by atoms with Gasteiger partial charge in [-0.15, -0.1) is 0 Å². The van der Waals surface area contributed by atoms with Crippen molar-refractivity contribution < 1.29 is 9.90 Å². The number of carbonyl (C=O) groups excluding carboxylic acids is 1. The van der Waals surface area contributed by atoms with E-state index in [1.807, 2.05) is 32.0 Å². The summed E-state index contributed by atoms with van der Waals surface area (Å²) in [5.74, 6) is 0.576. The number of aliphatic hydroxyl groups is 1. The molecule has 0 saturated heterocycles. The molecule has 0 spiro atoms. The zero-order valence-corrected chi connectivity index (χ0v) is 13.5. The molecule has 3 N–H and O–H groups in total. The van der Waals surface area contributed by atoms with Crippen molar-refractivity contribution in [2.45, 2.75) is 38.8 Å². The second-order valence-corrected chi connectivity index (χ2v) is 5.42. The fourth-order valence-corrected chi connectivity index (χ4v) is 2.29. The van der Waals surface area contributed by atoms with E-state index >= 15 is 0 Å². The molecule has 0 fully saturated rings. The molecule has 7 heteroatoms. The Kier molecular flexibility index (Phi) is 5.70. The van der Waals surface area contributed by atoms with Crippen molar-refractivity contribution in [2.24, 2.45) is 0 Å². The summed E-state index contributed by atoms with van der Waals surface area (Å²) < 4.78 is 1.67. The highest BCUT2D eigenvalue weighted by Crippen LogP contribution is 2.15. The summed E-state index contributed by atoms with van der Waals surface area (Å²) in [5, 5.41) is 19.4. The third kappa shape index (κ3) is 4.29. The number of carbonyl (C=O) groups is 1. The van der Waals surface area contributed by atoms with Crippen molar-refractivity contribution in [3.8, 4) is 0 Å². The van der Waals surface area contributed by atoms with Gasteiger partial charge in [0, 0.05) is 12.3 Å². The van der Waals surface area contributed by atoms with Crippen LogP contribution < -0.4 is 10.6 Å². The Hall–Kier alpha value is -2.41. The number of nitrogens with zero attached hydrogens (tertiary/aromatic N) is 3. The molecule has 2 amide bonds. The molecule has 2 rings (SSSR count). The Morgan fingerprint density at radius 3 is 2.65 bits per heavy atom. The van der Waals surface area contributed by atoms with E-state index in [2.05, 4.69) is 20.7 Å². The number of aliphatic hydroxyl groups excluding tert-OH is 1. The first kappa shape index (κ1) is 17.0. The fraction of sp³-hybridized carbons (Fsp3) is 0.438. The summed E-state index contributed by atoms with van der Waals surface area (Å²) in [5.41, 5.74) is 0.252. The molecule has 2 aromatic heterocycles. The fourth-order valence-electron chi connectivity index (χ4n) is 2.29. The lowest BCUT2D eigenvalue weighted by Gasteiger charge is -2.30. The van der Waals surface area contributed by atoms with Gasteiger partial charge >= 0.3 is 6.03 Å². The van der Waals surface area contributed by atoms with Crippen LogP contribution in [0, 0.1) is 0 Å². The van der Waals surface area contributed by atoms with E-state index in [4.69, 9.17) is 0 Å². The zero-order valence-electron chi connectivity index (χ0n) is 13.5. The summed E-state index contributed by atoms with van der Waals surface area (Å²) in [6.07, 6.45) is 4.65. The molecule has 0 bridgehead atoms. The maximum Gasteiger partial charge on any atom is 0.320 e. The molecule has 0 aliphatic rings. The van der Waals surface area contributed by atoms with Gasteiger partial charge in [-0.05, 0) is 25.0 Å². The molecule has 124 valence electrons. The molecule has 0 aliphatic carbocycles. The molecule has 0 atom stereocenters. The number of anilines is 1. The van der Waals surface area contributed by atoms with E-state index < -0.39 is 5.54 Å². The highest BCUT2D eigenvalue weighted by Gasteiger charge is 2.27. The number of urea groups is 1. The molecule has 23 heavy (non-hydrogen) atoms. The van der Waals surface area contributed by atoms with Crippen molar-refractivity contribution >= 4 is 11.8 Å². The molecule has 2 aromatic rings. The van der Waals surface area contributed by atoms with Crippen LogP contribution in [0.5, 0.6) is 0 Å². The van der Waals surface area contributed by atoms with E-state index in [0.29, 0.717) is 25.2 Å². The number of rotatable bonds is 7. The van der Waals surface area contributed by atoms with Gasteiger partial charge in [-0.25, -0.2) is 9.48 Å². The van der Waals surface area contributed by atoms with Gasteiger partial charge in [0.1, 0.15) is 5.82 Å². The Balaban J connectivity index is 2.04. The maximum atomic E-state index is 12.2. The van der Waals surface area contributed by atoms with Gasteiger partial charge in [0.2, 0.25) is 0 Å². The highest BCUT2D eigenvalue weighted by atomic mass is 16.3. The number of amides is 2. The highest BCUT2D eigenvalue weighted by molar-refractivity contribution is 5.88. The summed E-state index contributed by atoms with van der Waals surface area (Å²) in [7, 11) is 0. The molecule has 0 saturated carbocycles. The molecule has 0 unspecified atom stereocenters. The van der Waals surface area contributed by atoms with Crippen LogP contribution in [0.4, 0.5) is 10.6 Å². The Morgan fingerprint density at radius 2 is 2.04 bits per heavy atom. The first-order valence-corrected chi connectivity index (χ1v) is 7.74. The summed E-state index contributed by atoms with van der Waals surface area (Å²) in [6, 6.07) is 7.02. The van der Waals surface area contributed by atoms with Gasteiger partial charge in [-0.3, -0.25) is 10.3 Å². The van der Waals surface area contributed by atoms with Crippen LogP contribution in [0.2, 0.25) is 0 Å². The minimum absolute atomic E-state index is 0.0966. The van der Waals surface area contributed by atoms with Gasteiger partial charge < -0.3 is 10.4 Å². The topological polar surface area (TPSA) is 92.1 Å². The van der Waals surface area contributed by atoms with E-state index in [-0.39, 0.29) is 12.6 Å². The zero-order chi connectivity index (χ0) is 16.7. The van der Waals surface area contributed by atoms with E-state index in [1.165, 1.54) is 0 Å². The first-order chi connectivity index (χ1) is 11.1. The molecular weight excluding hydrogens is 294 g/mol. The van der Waals surface area contributed by atoms with Crippen LogP contribution in [0.1, 0.15) is 32.4 Å². The van der Waals surface area contributed by atoms with Crippen molar-refractivity contribution in [3.63, 3.8) is 0 Å². The van der Waals surface area contributed by atoms with Gasteiger partial charge in [-0.1, -0.05) is 19.9 Å². The lowest BCUT2D eigenvalue weighted by molar-refractivity contribution is 0.155. The first-order valence-electron chi connectivity index (χ1n) is 7.74. The minimum atomic E-state index is -0.601. The number of hydrogen-bond acceptors (Lipinski definition) is 4. The summed E-state index contributed by atoms with van der Waals surface area (Å²) >= 11 is 0. The molecule has 2 heterocycles. The van der Waals surface area contributed by atoms with Crippen LogP contribution in [-0.2, 0) is 6.54 Å². The summed E-state index contributed by atoms with van der Waals surface area (Å²) in [6.45, 7) is 4.24. The van der Waals surface area contributed by atoms with Gasteiger partial charge in [0.15, 0.2) is 0 Å². The van der Waals surface area contributed by atoms with Crippen LogP contribution in [0.25, 0.3) is 0 Å². The molecule has 0 aliphatic heterocycles. The van der Waals surface area contributed by atoms with Crippen LogP contribution in [0.15, 0.2) is 36.7 Å². The standard InChI is InChI=1S/C16H23N5O2/c1-3-16(4-2,12-22)20-15(23)19-14-8-10-18-21(14)11-13-7-5-6-9-17-13/h5-10,22H,3-4,11-12H2,1-2H3,(H2,19,20,23). The maximum absolute atomic E-state index is 12.2. The lowest BCUT2D eigenvalue weighted by Crippen LogP contribution is -2.52. The average Bonchev–Trinajstić information content (AvgIpc) is 3.00. The Labute approximate surface area is 135 Å². The quantitative estimate of drug-likeness (QED) is 0.728. The second-order valence-electron chi connectivity index (χ2n) is 5.42. The third-order valence-electron chi connectivity index (χ3n) is 4.03. The van der Waals surface area contributed by atoms with Gasteiger partial charge in [-0.2, -0.15) is 5.10 Å². The van der Waals surface area contributed by atoms with E-state index in [0.717, 1.165) is 5.69 Å². The smallest absolute Gasteiger partial charge is 0.320 e. The van der Waals surface area contributed by atoms with Crippen molar-refractivity contribution in [3.05, 3.63) is 42.4 Å². The largest absolute Gasteiger partial charge is 0.394 e. The lowest BCUT2D eigenvalue weighted by atomic mass is 9.94. The normalized spacial score (nSPS) is 11.3. The minimum Gasteiger partial charge on any atom is -0.394 e. The second kappa shape index (κ2) is 7.73. The van der Waals surface area contributed by atoms with E-state index in [9.17, 15) is 9.90 Å². The monoisotopic (exact) mass is 317 g/mol. The Morgan fingerprint density at radius 1 is 1.26 bits per heavy atom. The number of hydrogen-bond donors (Lipinski definition) is 3. The molecule has 0 aromatic carbocycles. The molecule has 7 nitrogen and oxygen atoms in total. The molecular formula is C16H23N5O2. The number of pyridine rings is 1.